The molecule has 8 heteroatoms. The number of rotatable bonds is 7. The highest BCUT2D eigenvalue weighted by atomic mass is 35.5. The molecule has 0 heterocycles. The van der Waals surface area contributed by atoms with Gasteiger partial charge in [-0.1, -0.05) is 79.3 Å². The van der Waals surface area contributed by atoms with E-state index in [0.29, 0.717) is 37.8 Å². The van der Waals surface area contributed by atoms with Gasteiger partial charge >= 0.3 is 0 Å². The normalized spacial score (nSPS) is 21.7. The number of carbonyl (C=O) groups is 2. The van der Waals surface area contributed by atoms with Gasteiger partial charge in [-0.05, 0) is 65.5 Å². The highest BCUT2D eigenvalue weighted by Crippen LogP contribution is 2.46. The van der Waals surface area contributed by atoms with Gasteiger partial charge in [0.1, 0.15) is 0 Å². The van der Waals surface area contributed by atoms with E-state index in [9.17, 15) is 9.59 Å². The molecule has 2 aromatic carbocycles. The Morgan fingerprint density at radius 2 is 1.29 bits per heavy atom. The van der Waals surface area contributed by atoms with E-state index in [1.54, 1.807) is 36.4 Å². The van der Waals surface area contributed by atoms with E-state index in [4.69, 9.17) is 46.4 Å². The lowest BCUT2D eigenvalue weighted by Gasteiger charge is -2.47. The van der Waals surface area contributed by atoms with Crippen LogP contribution >= 0.6 is 46.4 Å². The third-order valence-electron chi connectivity index (χ3n) is 6.32. The Labute approximate surface area is 221 Å². The topological polar surface area (TPSA) is 58.2 Å². The molecule has 0 aliphatic heterocycles. The summed E-state index contributed by atoms with van der Waals surface area (Å²) < 4.78 is 0. The predicted octanol–water partition coefficient (Wildman–Crippen LogP) is 6.90. The van der Waals surface area contributed by atoms with Gasteiger partial charge in [-0.25, -0.2) is 0 Å². The second-order valence-electron chi connectivity index (χ2n) is 10.4. The summed E-state index contributed by atoms with van der Waals surface area (Å²) in [5.41, 5.74) is 1.08. The van der Waals surface area contributed by atoms with Gasteiger partial charge in [0.05, 0.1) is 12.8 Å². The Morgan fingerprint density at radius 1 is 0.824 bits per heavy atom. The van der Waals surface area contributed by atoms with Crippen molar-refractivity contribution in [3.8, 4) is 0 Å². The van der Waals surface area contributed by atoms with Crippen LogP contribution in [-0.4, -0.2) is 24.4 Å². The average molecular weight is 544 g/mol. The third kappa shape index (κ3) is 7.27. The summed E-state index contributed by atoms with van der Waals surface area (Å²) in [6.45, 7) is 7.04. The number of nitrogens with one attached hydrogen (secondary N) is 2. The molecule has 1 aliphatic rings. The largest absolute Gasteiger partial charge is 0.355 e. The summed E-state index contributed by atoms with van der Waals surface area (Å²) in [6, 6.07) is 10.4. The molecule has 3 rings (SSSR count). The van der Waals surface area contributed by atoms with Crippen molar-refractivity contribution in [2.75, 3.05) is 6.54 Å². The van der Waals surface area contributed by atoms with E-state index in [0.717, 1.165) is 19.3 Å². The molecule has 0 spiro atoms. The number of hydrogen-bond acceptors (Lipinski definition) is 2. The maximum absolute atomic E-state index is 12.8. The lowest BCUT2D eigenvalue weighted by Crippen LogP contribution is -2.50. The molecule has 0 radical (unpaired) electrons. The molecule has 0 aromatic heterocycles. The van der Waals surface area contributed by atoms with E-state index in [1.165, 1.54) is 0 Å². The lowest BCUT2D eigenvalue weighted by molar-refractivity contribution is -0.123. The Balaban J connectivity index is 1.62. The molecular weight excluding hydrogens is 514 g/mol. The number of carbonyl (C=O) groups excluding carboxylic acids is 2. The molecular formula is C26H30Cl4N2O2. The van der Waals surface area contributed by atoms with Crippen LogP contribution in [0, 0.1) is 10.8 Å². The molecule has 184 valence electrons. The van der Waals surface area contributed by atoms with Crippen LogP contribution in [0.5, 0.6) is 0 Å². The van der Waals surface area contributed by atoms with Gasteiger partial charge in [-0.15, -0.1) is 0 Å². The average Bonchev–Trinajstić information content (AvgIpc) is 2.71. The minimum absolute atomic E-state index is 0.00373. The van der Waals surface area contributed by atoms with E-state index in [2.05, 4.69) is 31.4 Å². The summed E-state index contributed by atoms with van der Waals surface area (Å²) in [5, 5.41) is 8.16. The van der Waals surface area contributed by atoms with Crippen LogP contribution in [0.3, 0.4) is 0 Å². The first-order valence-corrected chi connectivity index (χ1v) is 12.8. The highest BCUT2D eigenvalue weighted by Gasteiger charge is 2.41. The second kappa shape index (κ2) is 11.1. The standard InChI is InChI=1S/C26H30Cl4N2O2/c1-25(2)12-16(32-24(34)11-18-21(29)8-5-9-22(18)30)13-26(3,14-25)15-31-23(33)10-17-19(27)6-4-7-20(17)28/h4-9,16H,10-15H2,1-3H3,(H,31,33)(H,32,34)/t16-,26-/m1/s1. The van der Waals surface area contributed by atoms with Gasteiger partial charge in [0.25, 0.3) is 0 Å². The van der Waals surface area contributed by atoms with Crippen molar-refractivity contribution >= 4 is 58.2 Å². The van der Waals surface area contributed by atoms with Crippen molar-refractivity contribution in [1.29, 1.82) is 0 Å². The van der Waals surface area contributed by atoms with Crippen molar-refractivity contribution in [2.45, 2.75) is 58.9 Å². The Kier molecular flexibility index (Phi) is 8.84. The van der Waals surface area contributed by atoms with Crippen molar-refractivity contribution in [3.05, 3.63) is 67.6 Å². The molecule has 0 unspecified atom stereocenters. The number of halogens is 4. The fourth-order valence-corrected chi connectivity index (χ4v) is 6.31. The molecule has 1 fully saturated rings. The molecule has 2 N–H and O–H groups in total. The SMILES string of the molecule is CC1(C)C[C@@H](NC(=O)Cc2c(Cl)cccc2Cl)C[C@@](C)(CNC(=O)Cc2c(Cl)cccc2Cl)C1. The summed E-state index contributed by atoms with van der Waals surface area (Å²) in [4.78, 5) is 25.5. The molecule has 2 atom stereocenters. The van der Waals surface area contributed by atoms with Gasteiger partial charge in [-0.3, -0.25) is 9.59 Å². The van der Waals surface area contributed by atoms with Crippen molar-refractivity contribution in [1.82, 2.24) is 10.6 Å². The fraction of sp³-hybridized carbons (Fsp3) is 0.462. The van der Waals surface area contributed by atoms with E-state index < -0.39 is 0 Å². The highest BCUT2D eigenvalue weighted by molar-refractivity contribution is 6.36. The number of amides is 2. The number of benzene rings is 2. The second-order valence-corrected chi connectivity index (χ2v) is 12.0. The van der Waals surface area contributed by atoms with E-state index >= 15 is 0 Å². The maximum atomic E-state index is 12.8. The van der Waals surface area contributed by atoms with Gasteiger partial charge in [0.15, 0.2) is 0 Å². The minimum Gasteiger partial charge on any atom is -0.355 e. The fourth-order valence-electron chi connectivity index (χ4n) is 5.25. The summed E-state index contributed by atoms with van der Waals surface area (Å²) in [7, 11) is 0. The van der Waals surface area contributed by atoms with Crippen molar-refractivity contribution in [2.24, 2.45) is 10.8 Å². The zero-order valence-corrected chi connectivity index (χ0v) is 22.6. The lowest BCUT2D eigenvalue weighted by atomic mass is 9.62. The summed E-state index contributed by atoms with van der Waals surface area (Å²) >= 11 is 24.9. The van der Waals surface area contributed by atoms with Gasteiger partial charge in [0, 0.05) is 32.7 Å². The van der Waals surface area contributed by atoms with Crippen molar-refractivity contribution in [3.63, 3.8) is 0 Å². The van der Waals surface area contributed by atoms with Gasteiger partial charge in [0.2, 0.25) is 11.8 Å². The third-order valence-corrected chi connectivity index (χ3v) is 7.74. The molecule has 2 aromatic rings. The molecule has 1 saturated carbocycles. The van der Waals surface area contributed by atoms with Crippen LogP contribution in [-0.2, 0) is 22.4 Å². The first-order valence-electron chi connectivity index (χ1n) is 11.3. The predicted molar refractivity (Wildman–Crippen MR) is 141 cm³/mol. The summed E-state index contributed by atoms with van der Waals surface area (Å²) in [5.74, 6) is -0.244. The molecule has 4 nitrogen and oxygen atoms in total. The van der Waals surface area contributed by atoms with Crippen LogP contribution in [0.2, 0.25) is 20.1 Å². The van der Waals surface area contributed by atoms with Crippen molar-refractivity contribution < 1.29 is 9.59 Å². The quantitative estimate of drug-likeness (QED) is 0.399. The van der Waals surface area contributed by atoms with Crippen LogP contribution in [0.4, 0.5) is 0 Å². The Morgan fingerprint density at radius 3 is 1.79 bits per heavy atom. The maximum Gasteiger partial charge on any atom is 0.224 e. The van der Waals surface area contributed by atoms with Crippen LogP contribution < -0.4 is 10.6 Å². The molecule has 0 bridgehead atoms. The Bertz CT molecular complexity index is 1030. The van der Waals surface area contributed by atoms with Crippen LogP contribution in [0.25, 0.3) is 0 Å². The molecule has 34 heavy (non-hydrogen) atoms. The molecule has 2 amide bonds. The zero-order chi connectivity index (χ0) is 25.1. The van der Waals surface area contributed by atoms with E-state index in [1.807, 2.05) is 0 Å². The number of hydrogen-bond donors (Lipinski definition) is 2. The van der Waals surface area contributed by atoms with Crippen LogP contribution in [0.15, 0.2) is 36.4 Å². The minimum atomic E-state index is -0.179. The van der Waals surface area contributed by atoms with Crippen LogP contribution in [0.1, 0.15) is 51.2 Å². The van der Waals surface area contributed by atoms with Gasteiger partial charge in [-0.2, -0.15) is 0 Å². The zero-order valence-electron chi connectivity index (χ0n) is 19.6. The molecule has 0 saturated heterocycles. The monoisotopic (exact) mass is 542 g/mol. The smallest absolute Gasteiger partial charge is 0.224 e. The first-order chi connectivity index (χ1) is 15.9. The van der Waals surface area contributed by atoms with E-state index in [-0.39, 0.29) is 41.5 Å². The first kappa shape index (κ1) is 27.1. The Hall–Kier alpha value is -1.46. The molecule has 1 aliphatic carbocycles. The summed E-state index contributed by atoms with van der Waals surface area (Å²) in [6.07, 6.45) is 2.79. The van der Waals surface area contributed by atoms with Gasteiger partial charge < -0.3 is 10.6 Å².